The molecule has 20 heavy (non-hydrogen) atoms. The fourth-order valence-corrected chi connectivity index (χ4v) is 3.20. The van der Waals surface area contributed by atoms with Gasteiger partial charge in [0.1, 0.15) is 12.1 Å². The second-order valence-corrected chi connectivity index (χ2v) is 6.19. The van der Waals surface area contributed by atoms with Gasteiger partial charge >= 0.3 is 11.9 Å². The maximum atomic E-state index is 12.0. The molecule has 1 atom stereocenters. The monoisotopic (exact) mass is 283 g/mol. The van der Waals surface area contributed by atoms with Gasteiger partial charge in [-0.3, -0.25) is 14.5 Å². The lowest BCUT2D eigenvalue weighted by Crippen LogP contribution is -2.47. The summed E-state index contributed by atoms with van der Waals surface area (Å²) in [4.78, 5) is 24.9. The van der Waals surface area contributed by atoms with Gasteiger partial charge in [-0.05, 0) is 51.0 Å². The lowest BCUT2D eigenvalue weighted by Gasteiger charge is -2.33. The minimum atomic E-state index is -0.830. The molecule has 2 fully saturated rings. The van der Waals surface area contributed by atoms with E-state index >= 15 is 0 Å². The first-order chi connectivity index (χ1) is 9.56. The van der Waals surface area contributed by atoms with E-state index in [2.05, 4.69) is 6.92 Å². The first-order valence-electron chi connectivity index (χ1n) is 7.72. The molecule has 1 N–H and O–H groups in total. The molecule has 2 rings (SSSR count). The van der Waals surface area contributed by atoms with E-state index in [1.807, 2.05) is 0 Å². The third kappa shape index (κ3) is 4.20. The largest absolute Gasteiger partial charge is 0.480 e. The molecule has 0 amide bonds. The number of carbonyl (C=O) groups is 2. The summed E-state index contributed by atoms with van der Waals surface area (Å²) in [6, 6.07) is -0.525. The van der Waals surface area contributed by atoms with Gasteiger partial charge in [0.15, 0.2) is 0 Å². The van der Waals surface area contributed by atoms with E-state index in [1.54, 1.807) is 4.90 Å². The van der Waals surface area contributed by atoms with Gasteiger partial charge in [0.05, 0.1) is 6.54 Å². The molecule has 1 aliphatic carbocycles. The van der Waals surface area contributed by atoms with Crippen LogP contribution in [-0.2, 0) is 14.3 Å². The average Bonchev–Trinajstić information content (AvgIpc) is 2.41. The number of aliphatic carboxylic acids is 1. The van der Waals surface area contributed by atoms with Gasteiger partial charge in [-0.1, -0.05) is 13.3 Å². The summed E-state index contributed by atoms with van der Waals surface area (Å²) in [6.45, 7) is 3.01. The van der Waals surface area contributed by atoms with Crippen LogP contribution in [0.5, 0.6) is 0 Å². The molecule has 0 bridgehead atoms. The van der Waals surface area contributed by atoms with Gasteiger partial charge in [-0.25, -0.2) is 0 Å². The van der Waals surface area contributed by atoms with Crippen LogP contribution in [0.15, 0.2) is 0 Å². The number of esters is 1. The van der Waals surface area contributed by atoms with Crippen LogP contribution in [-0.4, -0.2) is 47.2 Å². The number of hydrogen-bond acceptors (Lipinski definition) is 4. The van der Waals surface area contributed by atoms with E-state index in [1.165, 1.54) is 0 Å². The number of ether oxygens (including phenoxy) is 1. The number of carboxylic acids is 1. The van der Waals surface area contributed by atoms with E-state index in [0.29, 0.717) is 13.0 Å². The van der Waals surface area contributed by atoms with Crippen molar-refractivity contribution in [2.75, 3.05) is 13.1 Å². The number of likely N-dealkylation sites (tertiary alicyclic amines) is 1. The van der Waals surface area contributed by atoms with E-state index in [9.17, 15) is 14.7 Å². The van der Waals surface area contributed by atoms with Crippen LogP contribution in [0, 0.1) is 5.92 Å². The maximum Gasteiger partial charge on any atom is 0.320 e. The second kappa shape index (κ2) is 7.07. The number of carbonyl (C=O) groups excluding carboxylic acids is 1. The number of piperidine rings is 1. The van der Waals surface area contributed by atoms with E-state index < -0.39 is 12.0 Å². The van der Waals surface area contributed by atoms with Gasteiger partial charge in [0.2, 0.25) is 0 Å². The number of rotatable bonds is 4. The fraction of sp³-hybridized carbons (Fsp3) is 0.867. The van der Waals surface area contributed by atoms with Crippen molar-refractivity contribution >= 4 is 11.9 Å². The lowest BCUT2D eigenvalue weighted by molar-refractivity contribution is -0.155. The summed E-state index contributed by atoms with van der Waals surface area (Å²) < 4.78 is 5.50. The molecule has 0 radical (unpaired) electrons. The third-order valence-electron chi connectivity index (χ3n) is 4.49. The Morgan fingerprint density at radius 2 is 1.85 bits per heavy atom. The Morgan fingerprint density at radius 1 is 1.15 bits per heavy atom. The highest BCUT2D eigenvalue weighted by atomic mass is 16.5. The van der Waals surface area contributed by atoms with Gasteiger partial charge in [-0.2, -0.15) is 0 Å². The van der Waals surface area contributed by atoms with Gasteiger partial charge in [0, 0.05) is 0 Å². The lowest BCUT2D eigenvalue weighted by atomic mass is 9.89. The molecular weight excluding hydrogens is 258 g/mol. The predicted molar refractivity (Wildman–Crippen MR) is 74.4 cm³/mol. The van der Waals surface area contributed by atoms with Gasteiger partial charge < -0.3 is 9.84 Å². The predicted octanol–water partition coefficient (Wildman–Crippen LogP) is 2.05. The van der Waals surface area contributed by atoms with Crippen LogP contribution < -0.4 is 0 Å². The molecule has 5 nitrogen and oxygen atoms in total. The standard InChI is InChI=1S/C15H25NO4/c1-11-5-7-12(8-6-11)20-14(17)10-16-9-3-2-4-13(16)15(18)19/h11-13H,2-10H2,1H3,(H,18,19). The van der Waals surface area contributed by atoms with Crippen molar-refractivity contribution in [3.63, 3.8) is 0 Å². The quantitative estimate of drug-likeness (QED) is 0.800. The number of nitrogens with zero attached hydrogens (tertiary/aromatic N) is 1. The van der Waals surface area contributed by atoms with Crippen molar-refractivity contribution in [2.24, 2.45) is 5.92 Å². The van der Waals surface area contributed by atoms with E-state index in [0.717, 1.165) is 44.4 Å². The Morgan fingerprint density at radius 3 is 2.50 bits per heavy atom. The molecular formula is C15H25NO4. The van der Waals surface area contributed by atoms with Crippen molar-refractivity contribution in [2.45, 2.75) is 64.0 Å². The topological polar surface area (TPSA) is 66.8 Å². The molecule has 0 spiro atoms. The van der Waals surface area contributed by atoms with Crippen molar-refractivity contribution in [3.05, 3.63) is 0 Å². The third-order valence-corrected chi connectivity index (χ3v) is 4.49. The molecule has 114 valence electrons. The normalized spacial score (nSPS) is 31.8. The highest BCUT2D eigenvalue weighted by Crippen LogP contribution is 2.26. The van der Waals surface area contributed by atoms with E-state index in [4.69, 9.17) is 4.74 Å². The summed E-state index contributed by atoms with van der Waals surface area (Å²) in [5.74, 6) is -0.370. The number of carboxylic acid groups (broad SMARTS) is 1. The van der Waals surface area contributed by atoms with Crippen LogP contribution in [0.2, 0.25) is 0 Å². The van der Waals surface area contributed by atoms with Crippen LogP contribution in [0.1, 0.15) is 51.9 Å². The van der Waals surface area contributed by atoms with Crippen LogP contribution in [0.4, 0.5) is 0 Å². The zero-order valence-corrected chi connectivity index (χ0v) is 12.2. The van der Waals surface area contributed by atoms with Gasteiger partial charge in [-0.15, -0.1) is 0 Å². The zero-order chi connectivity index (χ0) is 14.5. The highest BCUT2D eigenvalue weighted by molar-refractivity contribution is 5.76. The summed E-state index contributed by atoms with van der Waals surface area (Å²) in [5, 5.41) is 9.18. The molecule has 1 saturated carbocycles. The van der Waals surface area contributed by atoms with Crippen molar-refractivity contribution < 1.29 is 19.4 Å². The SMILES string of the molecule is CC1CCC(OC(=O)CN2CCCCC2C(=O)O)CC1. The Hall–Kier alpha value is -1.10. The maximum absolute atomic E-state index is 12.0. The highest BCUT2D eigenvalue weighted by Gasteiger charge is 2.31. The Kier molecular flexibility index (Phi) is 5.40. The zero-order valence-electron chi connectivity index (χ0n) is 12.2. The molecule has 0 aromatic rings. The second-order valence-electron chi connectivity index (χ2n) is 6.19. The molecule has 0 aromatic carbocycles. The molecule has 2 aliphatic rings. The first-order valence-corrected chi connectivity index (χ1v) is 7.72. The smallest absolute Gasteiger partial charge is 0.320 e. The minimum Gasteiger partial charge on any atom is -0.480 e. The molecule has 0 aromatic heterocycles. The van der Waals surface area contributed by atoms with Crippen LogP contribution in [0.25, 0.3) is 0 Å². The first kappa shape index (κ1) is 15.3. The molecule has 1 saturated heterocycles. The molecule has 5 heteroatoms. The summed E-state index contributed by atoms with van der Waals surface area (Å²) in [5.41, 5.74) is 0. The minimum absolute atomic E-state index is 0.0340. The Labute approximate surface area is 120 Å². The fourth-order valence-electron chi connectivity index (χ4n) is 3.20. The average molecular weight is 283 g/mol. The molecule has 1 unspecified atom stereocenters. The van der Waals surface area contributed by atoms with Crippen molar-refractivity contribution in [1.82, 2.24) is 4.90 Å². The molecule has 1 heterocycles. The Bertz CT molecular complexity index is 350. The molecule has 1 aliphatic heterocycles. The van der Waals surface area contributed by atoms with Crippen LogP contribution >= 0.6 is 0 Å². The van der Waals surface area contributed by atoms with Gasteiger partial charge in [0.25, 0.3) is 0 Å². The van der Waals surface area contributed by atoms with Crippen molar-refractivity contribution in [1.29, 1.82) is 0 Å². The van der Waals surface area contributed by atoms with Crippen LogP contribution in [0.3, 0.4) is 0 Å². The van der Waals surface area contributed by atoms with Crippen molar-refractivity contribution in [3.8, 4) is 0 Å². The summed E-state index contributed by atoms with van der Waals surface area (Å²) >= 11 is 0. The summed E-state index contributed by atoms with van der Waals surface area (Å²) in [7, 11) is 0. The van der Waals surface area contributed by atoms with E-state index in [-0.39, 0.29) is 18.6 Å². The summed E-state index contributed by atoms with van der Waals surface area (Å²) in [6.07, 6.45) is 6.64. The number of hydrogen-bond donors (Lipinski definition) is 1. The Balaban J connectivity index is 1.79.